The summed E-state index contributed by atoms with van der Waals surface area (Å²) >= 11 is 0. The van der Waals surface area contributed by atoms with Gasteiger partial charge >= 0.3 is 0 Å². The molecule has 0 saturated carbocycles. The lowest BCUT2D eigenvalue weighted by molar-refractivity contribution is 0.203. The number of rotatable bonds is 0. The van der Waals surface area contributed by atoms with E-state index in [1.54, 1.807) is 0 Å². The van der Waals surface area contributed by atoms with Gasteiger partial charge in [0.15, 0.2) is 0 Å². The van der Waals surface area contributed by atoms with Gasteiger partial charge in [-0.3, -0.25) is 0 Å². The summed E-state index contributed by atoms with van der Waals surface area (Å²) in [4.78, 5) is 0. The van der Waals surface area contributed by atoms with Crippen LogP contribution in [-0.4, -0.2) is 22.3 Å². The fourth-order valence-electron chi connectivity index (χ4n) is 0. The molecule has 4 nitrogen and oxygen atoms in total. The smallest absolute Gasteiger partial charge is 0.0991 e. The van der Waals surface area contributed by atoms with Crippen LogP contribution in [0.1, 0.15) is 6.92 Å². The molecule has 1 atom stereocenters. The molecule has 0 spiro atoms. The van der Waals surface area contributed by atoms with Crippen molar-refractivity contribution >= 4 is 12.4 Å². The van der Waals surface area contributed by atoms with E-state index in [0.717, 1.165) is 0 Å². The number of aliphatic hydroxyl groups is 1. The molecule has 7 N–H and O–H groups in total. The quantitative estimate of drug-likeness (QED) is 0.375. The Balaban J connectivity index is -0.0000000150. The molecule has 0 bridgehead atoms. The van der Waals surface area contributed by atoms with Crippen LogP contribution in [0.2, 0.25) is 0 Å². The number of halogens is 1. The van der Waals surface area contributed by atoms with Crippen LogP contribution >= 0.6 is 12.4 Å². The third kappa shape index (κ3) is 6190. The van der Waals surface area contributed by atoms with Crippen molar-refractivity contribution in [3.63, 3.8) is 0 Å². The average molecular weight is 134 g/mol. The van der Waals surface area contributed by atoms with E-state index in [2.05, 4.69) is 5.73 Å². The van der Waals surface area contributed by atoms with Crippen LogP contribution in [0, 0.1) is 0 Å². The number of nitrogens with two attached hydrogens (primary N) is 1. The van der Waals surface area contributed by atoms with Gasteiger partial charge in [0, 0.05) is 0 Å². The lowest BCUT2D eigenvalue weighted by Gasteiger charge is -1.82. The van der Waals surface area contributed by atoms with Crippen molar-refractivity contribution in [2.45, 2.75) is 13.2 Å². The van der Waals surface area contributed by atoms with Crippen molar-refractivity contribution in [3.05, 3.63) is 0 Å². The maximum atomic E-state index is 7.83. The van der Waals surface area contributed by atoms with Crippen LogP contribution in [-0.2, 0) is 0 Å². The van der Waals surface area contributed by atoms with Crippen molar-refractivity contribution in [1.82, 2.24) is 0 Å². The van der Waals surface area contributed by atoms with E-state index in [1.165, 1.54) is 6.92 Å². The zero-order valence-corrected chi connectivity index (χ0v) is 4.83. The molecule has 50 valence electrons. The second-order valence-corrected chi connectivity index (χ2v) is 0.741. The summed E-state index contributed by atoms with van der Waals surface area (Å²) in [5.41, 5.74) is 4.67. The number of hydrogen-bond acceptors (Lipinski definition) is 2. The highest BCUT2D eigenvalue weighted by atomic mass is 35.5. The molecule has 0 amide bonds. The summed E-state index contributed by atoms with van der Waals surface area (Å²) < 4.78 is 0. The molecule has 0 aliphatic rings. The number of aliphatic hydroxyl groups excluding tert-OH is 1. The third-order valence-corrected chi connectivity index (χ3v) is 0. The molecular weight excluding hydrogens is 121 g/mol. The maximum absolute atomic E-state index is 7.83. The minimum Gasteiger partial charge on any atom is -0.412 e. The Bertz CT molecular complexity index is 17.7. The van der Waals surface area contributed by atoms with E-state index in [9.17, 15) is 0 Å². The van der Waals surface area contributed by atoms with Gasteiger partial charge in [-0.2, -0.15) is 0 Å². The van der Waals surface area contributed by atoms with Gasteiger partial charge in [-0.25, -0.2) is 0 Å². The molecule has 1 unspecified atom stereocenters. The predicted octanol–water partition coefficient (Wildman–Crippen LogP) is -1.94. The van der Waals surface area contributed by atoms with Crippen LogP contribution in [0.5, 0.6) is 0 Å². The van der Waals surface area contributed by atoms with Gasteiger partial charge in [-0.15, -0.1) is 12.4 Å². The normalized spacial score (nSPS) is 9.00. The first kappa shape index (κ1) is 27.3. The Morgan fingerprint density at radius 2 is 1.43 bits per heavy atom. The zero-order valence-electron chi connectivity index (χ0n) is 4.01. The summed E-state index contributed by atoms with van der Waals surface area (Å²) in [5, 5.41) is 7.83. The largest absolute Gasteiger partial charge is 0.412 e. The van der Waals surface area contributed by atoms with Crippen molar-refractivity contribution in [2.75, 3.05) is 0 Å². The molecule has 0 aliphatic heterocycles. The monoisotopic (exact) mass is 133 g/mol. The summed E-state index contributed by atoms with van der Waals surface area (Å²) in [6.07, 6.45) is -0.667. The first-order chi connectivity index (χ1) is 1.73. The summed E-state index contributed by atoms with van der Waals surface area (Å²) in [6.45, 7) is 1.50. The fourth-order valence-corrected chi connectivity index (χ4v) is 0. The minimum absolute atomic E-state index is 0. The molecule has 0 aromatic heterocycles. The summed E-state index contributed by atoms with van der Waals surface area (Å²) in [5.74, 6) is 0. The topological polar surface area (TPSA) is 109 Å². The van der Waals surface area contributed by atoms with Gasteiger partial charge in [-0.1, -0.05) is 0 Å². The second-order valence-electron chi connectivity index (χ2n) is 0.741. The van der Waals surface area contributed by atoms with Crippen molar-refractivity contribution in [2.24, 2.45) is 5.73 Å². The van der Waals surface area contributed by atoms with Crippen molar-refractivity contribution in [3.8, 4) is 0 Å². The van der Waals surface area contributed by atoms with Gasteiger partial charge < -0.3 is 21.8 Å². The van der Waals surface area contributed by atoms with Crippen LogP contribution in [0.25, 0.3) is 0 Å². The minimum atomic E-state index is -0.667. The van der Waals surface area contributed by atoms with E-state index in [-0.39, 0.29) is 23.4 Å². The van der Waals surface area contributed by atoms with Gasteiger partial charge in [0.05, 0.1) is 6.23 Å². The predicted molar refractivity (Wildman–Crippen MR) is 30.3 cm³/mol. The third-order valence-electron chi connectivity index (χ3n) is 0. The van der Waals surface area contributed by atoms with Gasteiger partial charge in [0.2, 0.25) is 0 Å². The molecule has 7 heavy (non-hydrogen) atoms. The average Bonchev–Trinajstić information content (AvgIpc) is 0.811. The van der Waals surface area contributed by atoms with E-state index in [1.807, 2.05) is 0 Å². The first-order valence-electron chi connectivity index (χ1n) is 1.17. The Hall–Kier alpha value is 0.130. The Kier molecular flexibility index (Phi) is 64.3. The highest BCUT2D eigenvalue weighted by Crippen LogP contribution is 1.50. The Labute approximate surface area is 48.4 Å². The molecule has 0 aromatic rings. The van der Waals surface area contributed by atoms with E-state index < -0.39 is 6.23 Å². The van der Waals surface area contributed by atoms with Gasteiger partial charge in [0.1, 0.15) is 0 Å². The van der Waals surface area contributed by atoms with Crippen molar-refractivity contribution in [1.29, 1.82) is 0 Å². The van der Waals surface area contributed by atoms with E-state index >= 15 is 0 Å². The van der Waals surface area contributed by atoms with Gasteiger partial charge in [0.25, 0.3) is 0 Å². The summed E-state index contributed by atoms with van der Waals surface area (Å²) in [6, 6.07) is 0. The summed E-state index contributed by atoms with van der Waals surface area (Å²) in [7, 11) is 0. The highest BCUT2D eigenvalue weighted by Gasteiger charge is 1.68. The SMILES string of the molecule is CC(N)O.Cl.O.O. The lowest BCUT2D eigenvalue weighted by atomic mass is 10.7. The van der Waals surface area contributed by atoms with Crippen LogP contribution in [0.4, 0.5) is 0 Å². The molecule has 0 aromatic carbocycles. The van der Waals surface area contributed by atoms with Crippen LogP contribution in [0.15, 0.2) is 0 Å². The number of hydrogen-bond donors (Lipinski definition) is 2. The Morgan fingerprint density at radius 1 is 1.43 bits per heavy atom. The zero-order chi connectivity index (χ0) is 3.58. The van der Waals surface area contributed by atoms with E-state index in [4.69, 9.17) is 5.11 Å². The van der Waals surface area contributed by atoms with E-state index in [0.29, 0.717) is 0 Å². The highest BCUT2D eigenvalue weighted by molar-refractivity contribution is 5.85. The second kappa shape index (κ2) is 16.5. The molecule has 5 heteroatoms. The first-order valence-corrected chi connectivity index (χ1v) is 1.17. The molecule has 0 aliphatic carbocycles. The molecule has 0 radical (unpaired) electrons. The molecule has 0 saturated heterocycles. The standard InChI is InChI=1S/C2H7NO.ClH.2H2O/c1-2(3)4;;;/h2,4H,3H2,1H3;1H;2*1H2. The molecular formula is C2H12ClNO3. The molecule has 0 rings (SSSR count). The molecule has 0 heterocycles. The van der Waals surface area contributed by atoms with Crippen LogP contribution in [0.3, 0.4) is 0 Å². The van der Waals surface area contributed by atoms with Crippen molar-refractivity contribution < 1.29 is 16.1 Å². The maximum Gasteiger partial charge on any atom is 0.0991 e. The van der Waals surface area contributed by atoms with Crippen LogP contribution < -0.4 is 5.73 Å². The molecule has 0 fully saturated rings. The Morgan fingerprint density at radius 3 is 1.43 bits per heavy atom. The lowest BCUT2D eigenvalue weighted by Crippen LogP contribution is -2.11. The fraction of sp³-hybridized carbons (Fsp3) is 1.00. The van der Waals surface area contributed by atoms with Gasteiger partial charge in [-0.05, 0) is 6.92 Å².